The molecule has 1 aliphatic rings. The van der Waals surface area contributed by atoms with Crippen LogP contribution in [-0.4, -0.2) is 18.9 Å². The number of piperidine rings is 1. The highest BCUT2D eigenvalue weighted by molar-refractivity contribution is 9.10. The van der Waals surface area contributed by atoms with Gasteiger partial charge in [0.25, 0.3) is 0 Å². The van der Waals surface area contributed by atoms with Gasteiger partial charge in [0.05, 0.1) is 5.41 Å². The Balaban J connectivity index is 2.38. The van der Waals surface area contributed by atoms with E-state index in [4.69, 9.17) is 0 Å². The van der Waals surface area contributed by atoms with Crippen LogP contribution in [0.15, 0.2) is 28.7 Å². The summed E-state index contributed by atoms with van der Waals surface area (Å²) in [6, 6.07) is 8.23. The first kappa shape index (κ1) is 12.8. The molecule has 0 atom stereocenters. The van der Waals surface area contributed by atoms with E-state index in [2.05, 4.69) is 33.4 Å². The van der Waals surface area contributed by atoms with Crippen LogP contribution in [0.1, 0.15) is 31.7 Å². The third-order valence-corrected chi connectivity index (χ3v) is 4.24. The van der Waals surface area contributed by atoms with Crippen molar-refractivity contribution in [3.63, 3.8) is 0 Å². The lowest BCUT2D eigenvalue weighted by Gasteiger charge is -2.36. The van der Waals surface area contributed by atoms with Gasteiger partial charge in [-0.25, -0.2) is 0 Å². The molecule has 1 saturated heterocycles. The van der Waals surface area contributed by atoms with Crippen molar-refractivity contribution < 1.29 is 4.79 Å². The molecule has 0 spiro atoms. The minimum absolute atomic E-state index is 0.249. The molecule has 1 aromatic rings. The van der Waals surface area contributed by atoms with Crippen LogP contribution in [0.3, 0.4) is 0 Å². The topological polar surface area (TPSA) is 29.1 Å². The maximum Gasteiger partial charge on any atom is 0.143 e. The van der Waals surface area contributed by atoms with Crippen molar-refractivity contribution in [2.24, 2.45) is 0 Å². The van der Waals surface area contributed by atoms with Crippen molar-refractivity contribution in [1.29, 1.82) is 0 Å². The Morgan fingerprint density at radius 1 is 1.29 bits per heavy atom. The van der Waals surface area contributed by atoms with Crippen molar-refractivity contribution in [2.45, 2.75) is 31.6 Å². The van der Waals surface area contributed by atoms with Gasteiger partial charge in [0.2, 0.25) is 0 Å². The van der Waals surface area contributed by atoms with E-state index in [1.165, 1.54) is 5.56 Å². The zero-order valence-electron chi connectivity index (χ0n) is 10.1. The number of hydrogen-bond acceptors (Lipinski definition) is 2. The Labute approximate surface area is 111 Å². The Kier molecular flexibility index (Phi) is 4.00. The average Bonchev–Trinajstić information content (AvgIpc) is 2.39. The molecule has 3 heteroatoms. The van der Waals surface area contributed by atoms with E-state index in [0.29, 0.717) is 12.2 Å². The molecule has 1 heterocycles. The standard InChI is InChI=1S/C14H18BrNO/c1-2-13(17)14(7-9-16-10-8-14)11-3-5-12(15)6-4-11/h3-6,16H,2,7-10H2,1H3. The number of nitrogens with one attached hydrogen (secondary N) is 1. The average molecular weight is 296 g/mol. The second kappa shape index (κ2) is 5.32. The molecule has 17 heavy (non-hydrogen) atoms. The predicted octanol–water partition coefficient (Wildman–Crippen LogP) is 3.05. The fourth-order valence-corrected chi connectivity index (χ4v) is 2.95. The Bertz CT molecular complexity index is 393. The molecule has 1 N–H and O–H groups in total. The molecule has 2 nitrogen and oxygen atoms in total. The van der Waals surface area contributed by atoms with Crippen LogP contribution >= 0.6 is 15.9 Å². The zero-order valence-corrected chi connectivity index (χ0v) is 11.7. The van der Waals surface area contributed by atoms with Crippen LogP contribution in [-0.2, 0) is 10.2 Å². The monoisotopic (exact) mass is 295 g/mol. The highest BCUT2D eigenvalue weighted by Crippen LogP contribution is 2.36. The Morgan fingerprint density at radius 3 is 2.41 bits per heavy atom. The van der Waals surface area contributed by atoms with Crippen LogP contribution < -0.4 is 5.32 Å². The zero-order chi connectivity index (χ0) is 12.3. The van der Waals surface area contributed by atoms with E-state index in [9.17, 15) is 4.79 Å². The van der Waals surface area contributed by atoms with Crippen molar-refractivity contribution in [3.8, 4) is 0 Å². The summed E-state index contributed by atoms with van der Waals surface area (Å²) in [6.45, 7) is 3.83. The highest BCUT2D eigenvalue weighted by Gasteiger charge is 2.39. The molecular formula is C14H18BrNO. The van der Waals surface area contributed by atoms with Crippen molar-refractivity contribution in [2.75, 3.05) is 13.1 Å². The van der Waals surface area contributed by atoms with E-state index in [1.54, 1.807) is 0 Å². The van der Waals surface area contributed by atoms with Crippen LogP contribution in [0.2, 0.25) is 0 Å². The van der Waals surface area contributed by atoms with Gasteiger partial charge >= 0.3 is 0 Å². The lowest BCUT2D eigenvalue weighted by atomic mass is 9.69. The SMILES string of the molecule is CCC(=O)C1(c2ccc(Br)cc2)CCNCC1. The van der Waals surface area contributed by atoms with Crippen LogP contribution in [0.25, 0.3) is 0 Å². The molecule has 0 amide bonds. The van der Waals surface area contributed by atoms with Gasteiger partial charge in [-0.15, -0.1) is 0 Å². The first-order valence-electron chi connectivity index (χ1n) is 6.19. The largest absolute Gasteiger partial charge is 0.317 e. The maximum absolute atomic E-state index is 12.3. The molecule has 1 aliphatic heterocycles. The van der Waals surface area contributed by atoms with Gasteiger partial charge in [0.15, 0.2) is 0 Å². The van der Waals surface area contributed by atoms with Crippen molar-refractivity contribution in [3.05, 3.63) is 34.3 Å². The van der Waals surface area contributed by atoms with Gasteiger partial charge in [0.1, 0.15) is 5.78 Å². The van der Waals surface area contributed by atoms with E-state index >= 15 is 0 Å². The first-order valence-corrected chi connectivity index (χ1v) is 6.98. The number of carbonyl (C=O) groups excluding carboxylic acids is 1. The van der Waals surface area contributed by atoms with E-state index in [0.717, 1.165) is 30.4 Å². The molecule has 0 aliphatic carbocycles. The van der Waals surface area contributed by atoms with Gasteiger partial charge in [-0.3, -0.25) is 4.79 Å². The second-order valence-corrected chi connectivity index (χ2v) is 5.53. The smallest absolute Gasteiger partial charge is 0.143 e. The van der Waals surface area contributed by atoms with Crippen LogP contribution in [0, 0.1) is 0 Å². The summed E-state index contributed by atoms with van der Waals surface area (Å²) in [4.78, 5) is 12.3. The van der Waals surface area contributed by atoms with E-state index in [1.807, 2.05) is 19.1 Å². The third kappa shape index (κ3) is 2.45. The summed E-state index contributed by atoms with van der Waals surface area (Å²) < 4.78 is 1.06. The minimum atomic E-state index is -0.249. The van der Waals surface area contributed by atoms with Gasteiger partial charge in [-0.2, -0.15) is 0 Å². The fraction of sp³-hybridized carbons (Fsp3) is 0.500. The summed E-state index contributed by atoms with van der Waals surface area (Å²) >= 11 is 3.44. The molecule has 1 fully saturated rings. The van der Waals surface area contributed by atoms with E-state index < -0.39 is 0 Å². The van der Waals surface area contributed by atoms with Gasteiger partial charge < -0.3 is 5.32 Å². The number of carbonyl (C=O) groups is 1. The van der Waals surface area contributed by atoms with Gasteiger partial charge in [-0.05, 0) is 43.6 Å². The number of halogens is 1. The molecule has 0 saturated carbocycles. The Morgan fingerprint density at radius 2 is 1.88 bits per heavy atom. The fourth-order valence-electron chi connectivity index (χ4n) is 2.69. The molecular weight excluding hydrogens is 278 g/mol. The quantitative estimate of drug-likeness (QED) is 0.929. The second-order valence-electron chi connectivity index (χ2n) is 4.62. The summed E-state index contributed by atoms with van der Waals surface area (Å²) in [7, 11) is 0. The molecule has 92 valence electrons. The normalized spacial score (nSPS) is 18.9. The van der Waals surface area contributed by atoms with Gasteiger partial charge in [-0.1, -0.05) is 35.0 Å². The van der Waals surface area contributed by atoms with Gasteiger partial charge in [0, 0.05) is 10.9 Å². The van der Waals surface area contributed by atoms with Crippen LogP contribution in [0.5, 0.6) is 0 Å². The highest BCUT2D eigenvalue weighted by atomic mass is 79.9. The minimum Gasteiger partial charge on any atom is -0.317 e. The maximum atomic E-state index is 12.3. The number of ketones is 1. The number of benzene rings is 1. The summed E-state index contributed by atoms with van der Waals surface area (Å²) in [6.07, 6.45) is 2.46. The number of Topliss-reactive ketones (excluding diaryl/α,β-unsaturated/α-hetero) is 1. The first-order chi connectivity index (χ1) is 8.19. The molecule has 0 unspecified atom stereocenters. The molecule has 2 rings (SSSR count). The van der Waals surface area contributed by atoms with Crippen LogP contribution in [0.4, 0.5) is 0 Å². The summed E-state index contributed by atoms with van der Waals surface area (Å²) in [5.74, 6) is 0.376. The Hall–Kier alpha value is -0.670. The number of hydrogen-bond donors (Lipinski definition) is 1. The third-order valence-electron chi connectivity index (χ3n) is 3.71. The molecule has 0 bridgehead atoms. The lowest BCUT2D eigenvalue weighted by Crippen LogP contribution is -2.45. The van der Waals surface area contributed by atoms with Crippen molar-refractivity contribution >= 4 is 21.7 Å². The summed E-state index contributed by atoms with van der Waals surface area (Å²) in [5.41, 5.74) is 0.926. The summed E-state index contributed by atoms with van der Waals surface area (Å²) in [5, 5.41) is 3.34. The molecule has 1 aromatic carbocycles. The van der Waals surface area contributed by atoms with E-state index in [-0.39, 0.29) is 5.41 Å². The number of rotatable bonds is 3. The lowest BCUT2D eigenvalue weighted by molar-refractivity contribution is -0.125. The van der Waals surface area contributed by atoms with Crippen molar-refractivity contribution in [1.82, 2.24) is 5.32 Å². The predicted molar refractivity (Wildman–Crippen MR) is 73.2 cm³/mol. The molecule has 0 aromatic heterocycles. The molecule has 0 radical (unpaired) electrons.